The molecule has 0 atom stereocenters. The van der Waals surface area contributed by atoms with Gasteiger partial charge in [0.05, 0.1) is 6.54 Å². The van der Waals surface area contributed by atoms with E-state index in [2.05, 4.69) is 0 Å². The molecule has 1 aliphatic carbocycles. The van der Waals surface area contributed by atoms with Crippen LogP contribution in [0.1, 0.15) is 42.5 Å². The first kappa shape index (κ1) is 14.0. The minimum Gasteiger partial charge on any atom is -0.462 e. The Kier molecular flexibility index (Phi) is 3.66. The van der Waals surface area contributed by atoms with E-state index in [0.29, 0.717) is 19.4 Å². The lowest BCUT2D eigenvalue weighted by atomic mass is 9.79. The van der Waals surface area contributed by atoms with Gasteiger partial charge in [-0.25, -0.2) is 9.18 Å². The first-order valence-electron chi connectivity index (χ1n) is 7.38. The highest BCUT2D eigenvalue weighted by molar-refractivity contribution is 5.98. The number of nitrogens with zero attached hydrogens (tertiary/aromatic N) is 1. The van der Waals surface area contributed by atoms with Gasteiger partial charge in [-0.2, -0.15) is 0 Å². The number of ether oxygens (including phenoxy) is 1. The van der Waals surface area contributed by atoms with Crippen molar-refractivity contribution in [3.05, 3.63) is 35.6 Å². The lowest BCUT2D eigenvalue weighted by Gasteiger charge is -2.47. The van der Waals surface area contributed by atoms with Crippen LogP contribution in [0.2, 0.25) is 0 Å². The van der Waals surface area contributed by atoms with Crippen LogP contribution in [0, 0.1) is 5.82 Å². The molecular weight excluding hydrogens is 273 g/mol. The Labute approximate surface area is 122 Å². The van der Waals surface area contributed by atoms with Gasteiger partial charge in [-0.05, 0) is 31.0 Å². The Morgan fingerprint density at radius 3 is 2.71 bits per heavy atom. The van der Waals surface area contributed by atoms with Crippen molar-refractivity contribution in [2.75, 3.05) is 13.2 Å². The normalized spacial score (nSPS) is 21.2. The van der Waals surface area contributed by atoms with Crippen molar-refractivity contribution >= 4 is 11.9 Å². The summed E-state index contributed by atoms with van der Waals surface area (Å²) in [7, 11) is 0. The molecule has 4 nitrogen and oxygen atoms in total. The molecule has 1 saturated carbocycles. The molecule has 1 amide bonds. The average molecular weight is 291 g/mol. The fourth-order valence-electron chi connectivity index (χ4n) is 3.37. The van der Waals surface area contributed by atoms with Gasteiger partial charge >= 0.3 is 5.97 Å². The Hall–Kier alpha value is -1.91. The first-order valence-corrected chi connectivity index (χ1v) is 7.38. The highest BCUT2D eigenvalue weighted by Crippen LogP contribution is 2.37. The third kappa shape index (κ3) is 2.41. The summed E-state index contributed by atoms with van der Waals surface area (Å²) in [6.45, 7) is 0.586. The van der Waals surface area contributed by atoms with Crippen molar-refractivity contribution in [3.63, 3.8) is 0 Å². The van der Waals surface area contributed by atoms with Gasteiger partial charge in [-0.15, -0.1) is 0 Å². The fraction of sp³-hybridized carbons (Fsp3) is 0.500. The van der Waals surface area contributed by atoms with Crippen LogP contribution in [0.25, 0.3) is 0 Å². The zero-order valence-corrected chi connectivity index (χ0v) is 11.8. The van der Waals surface area contributed by atoms with Crippen LogP contribution in [-0.4, -0.2) is 35.5 Å². The molecule has 5 heteroatoms. The molecule has 0 N–H and O–H groups in total. The van der Waals surface area contributed by atoms with Crippen molar-refractivity contribution in [1.82, 2.24) is 4.90 Å². The minimum absolute atomic E-state index is 0.210. The molecule has 1 spiro atoms. The van der Waals surface area contributed by atoms with Crippen molar-refractivity contribution in [2.24, 2.45) is 0 Å². The van der Waals surface area contributed by atoms with E-state index in [1.165, 1.54) is 18.2 Å². The van der Waals surface area contributed by atoms with Gasteiger partial charge in [0.1, 0.15) is 18.0 Å². The number of hydrogen-bond acceptors (Lipinski definition) is 3. The molecule has 0 radical (unpaired) electrons. The summed E-state index contributed by atoms with van der Waals surface area (Å²) in [4.78, 5) is 26.6. The van der Waals surface area contributed by atoms with Crippen LogP contribution in [0.15, 0.2) is 24.3 Å². The summed E-state index contributed by atoms with van der Waals surface area (Å²) < 4.78 is 18.5. The molecule has 112 valence electrons. The molecule has 1 heterocycles. The summed E-state index contributed by atoms with van der Waals surface area (Å²) in [6.07, 6.45) is 4.14. The SMILES string of the molecule is O=C(c1cccc(F)c1)N1CCOC(=O)C12CCCCC2. The molecule has 1 aliphatic heterocycles. The molecule has 21 heavy (non-hydrogen) atoms. The van der Waals surface area contributed by atoms with E-state index in [0.717, 1.165) is 19.3 Å². The second-order valence-corrected chi connectivity index (χ2v) is 5.70. The predicted octanol–water partition coefficient (Wildman–Crippen LogP) is 2.53. The summed E-state index contributed by atoms with van der Waals surface area (Å²) in [6, 6.07) is 5.62. The van der Waals surface area contributed by atoms with Crippen molar-refractivity contribution in [2.45, 2.75) is 37.6 Å². The van der Waals surface area contributed by atoms with Crippen LogP contribution in [0.4, 0.5) is 4.39 Å². The predicted molar refractivity (Wildman–Crippen MR) is 74.2 cm³/mol. The zero-order valence-electron chi connectivity index (χ0n) is 11.8. The van der Waals surface area contributed by atoms with E-state index in [1.54, 1.807) is 11.0 Å². The third-order valence-electron chi connectivity index (χ3n) is 4.44. The van der Waals surface area contributed by atoms with Crippen molar-refractivity contribution < 1.29 is 18.7 Å². The maximum Gasteiger partial charge on any atom is 0.332 e. The molecule has 1 aromatic rings. The molecule has 0 unspecified atom stereocenters. The van der Waals surface area contributed by atoms with Gasteiger partial charge in [0, 0.05) is 5.56 Å². The fourth-order valence-corrected chi connectivity index (χ4v) is 3.37. The quantitative estimate of drug-likeness (QED) is 0.747. The number of carbonyl (C=O) groups is 2. The van der Waals surface area contributed by atoms with Crippen molar-refractivity contribution in [1.29, 1.82) is 0 Å². The van der Waals surface area contributed by atoms with E-state index in [9.17, 15) is 14.0 Å². The Morgan fingerprint density at radius 2 is 2.00 bits per heavy atom. The van der Waals surface area contributed by atoms with E-state index in [1.807, 2.05) is 0 Å². The van der Waals surface area contributed by atoms with Gasteiger partial charge in [0.15, 0.2) is 0 Å². The summed E-state index contributed by atoms with van der Waals surface area (Å²) in [5, 5.41) is 0. The van der Waals surface area contributed by atoms with Crippen LogP contribution in [0.3, 0.4) is 0 Å². The number of hydrogen-bond donors (Lipinski definition) is 0. The molecule has 3 rings (SSSR count). The van der Waals surface area contributed by atoms with Gasteiger partial charge < -0.3 is 9.64 Å². The lowest BCUT2D eigenvalue weighted by molar-refractivity contribution is -0.168. The number of carbonyl (C=O) groups excluding carboxylic acids is 2. The van der Waals surface area contributed by atoms with Crippen LogP contribution < -0.4 is 0 Å². The van der Waals surface area contributed by atoms with E-state index < -0.39 is 11.4 Å². The van der Waals surface area contributed by atoms with Crippen molar-refractivity contribution in [3.8, 4) is 0 Å². The monoisotopic (exact) mass is 291 g/mol. The highest BCUT2D eigenvalue weighted by atomic mass is 19.1. The number of halogens is 1. The van der Waals surface area contributed by atoms with E-state index in [-0.39, 0.29) is 24.0 Å². The highest BCUT2D eigenvalue weighted by Gasteiger charge is 2.50. The molecule has 0 bridgehead atoms. The Morgan fingerprint density at radius 1 is 1.24 bits per heavy atom. The zero-order chi connectivity index (χ0) is 14.9. The van der Waals surface area contributed by atoms with Gasteiger partial charge in [-0.1, -0.05) is 25.3 Å². The minimum atomic E-state index is -0.847. The van der Waals surface area contributed by atoms with Crippen LogP contribution >= 0.6 is 0 Å². The first-order chi connectivity index (χ1) is 10.1. The molecule has 1 saturated heterocycles. The summed E-state index contributed by atoms with van der Waals surface area (Å²) in [5.41, 5.74) is -0.561. The second kappa shape index (κ2) is 5.47. The topological polar surface area (TPSA) is 46.6 Å². The van der Waals surface area contributed by atoms with Crippen LogP contribution in [-0.2, 0) is 9.53 Å². The smallest absolute Gasteiger partial charge is 0.332 e. The molecule has 1 aromatic carbocycles. The molecular formula is C16H18FNO3. The summed E-state index contributed by atoms with van der Waals surface area (Å²) >= 11 is 0. The standard InChI is InChI=1S/C16H18FNO3/c17-13-6-4-5-12(11-13)14(19)18-9-10-21-15(20)16(18)7-2-1-3-8-16/h4-6,11H,1-3,7-10H2. The lowest BCUT2D eigenvalue weighted by Crippen LogP contribution is -2.62. The maximum atomic E-state index is 13.3. The number of esters is 1. The van der Waals surface area contributed by atoms with Gasteiger partial charge in [0.25, 0.3) is 5.91 Å². The van der Waals surface area contributed by atoms with Crippen LogP contribution in [0.5, 0.6) is 0 Å². The van der Waals surface area contributed by atoms with Gasteiger partial charge in [0.2, 0.25) is 0 Å². The molecule has 2 aliphatic rings. The molecule has 2 fully saturated rings. The second-order valence-electron chi connectivity index (χ2n) is 5.70. The number of amides is 1. The number of cyclic esters (lactones) is 1. The number of rotatable bonds is 1. The number of morpholine rings is 1. The number of benzene rings is 1. The average Bonchev–Trinajstić information content (AvgIpc) is 2.50. The third-order valence-corrected chi connectivity index (χ3v) is 4.44. The van der Waals surface area contributed by atoms with E-state index >= 15 is 0 Å². The summed E-state index contributed by atoms with van der Waals surface area (Å²) in [5.74, 6) is -1.04. The largest absolute Gasteiger partial charge is 0.462 e. The Balaban J connectivity index is 1.94. The van der Waals surface area contributed by atoms with Gasteiger partial charge in [-0.3, -0.25) is 4.79 Å². The van der Waals surface area contributed by atoms with E-state index in [4.69, 9.17) is 4.74 Å². The molecule has 0 aromatic heterocycles. The maximum absolute atomic E-state index is 13.3. The Bertz CT molecular complexity index is 566.